The molecule has 0 radical (unpaired) electrons. The maximum Gasteiger partial charge on any atom is 0.335 e. The lowest BCUT2D eigenvalue weighted by Crippen LogP contribution is -2.38. The second-order valence-electron chi connectivity index (χ2n) is 5.72. The van der Waals surface area contributed by atoms with Crippen molar-refractivity contribution >= 4 is 11.9 Å². The molecule has 4 nitrogen and oxygen atoms in total. The van der Waals surface area contributed by atoms with E-state index in [-0.39, 0.29) is 5.56 Å². The Kier molecular flexibility index (Phi) is 3.84. The fraction of sp³-hybridized carbons (Fsp3) is 0.500. The molecule has 0 saturated heterocycles. The Labute approximate surface area is 118 Å². The molecule has 108 valence electrons. The molecule has 0 amide bonds. The van der Waals surface area contributed by atoms with Crippen LogP contribution >= 0.6 is 0 Å². The lowest BCUT2D eigenvalue weighted by atomic mass is 9.67. The molecule has 1 fully saturated rings. The molecule has 2 rings (SSSR count). The van der Waals surface area contributed by atoms with Crippen LogP contribution in [0.25, 0.3) is 0 Å². The van der Waals surface area contributed by atoms with Gasteiger partial charge in [-0.25, -0.2) is 4.79 Å². The van der Waals surface area contributed by atoms with E-state index < -0.39 is 17.4 Å². The van der Waals surface area contributed by atoms with Crippen LogP contribution in [0.2, 0.25) is 0 Å². The number of hydrogen-bond donors (Lipinski definition) is 2. The lowest BCUT2D eigenvalue weighted by molar-refractivity contribution is -0.145. The molecule has 1 saturated carbocycles. The molecule has 0 aromatic heterocycles. The third-order valence-electron chi connectivity index (χ3n) is 4.55. The highest BCUT2D eigenvalue weighted by Gasteiger charge is 2.42. The summed E-state index contributed by atoms with van der Waals surface area (Å²) in [6.45, 7) is 3.72. The molecule has 2 N–H and O–H groups in total. The second-order valence-corrected chi connectivity index (χ2v) is 5.72. The van der Waals surface area contributed by atoms with Crippen LogP contribution in [0.3, 0.4) is 0 Å². The number of aryl methyl sites for hydroxylation is 1. The van der Waals surface area contributed by atoms with E-state index in [1.54, 1.807) is 12.1 Å². The van der Waals surface area contributed by atoms with E-state index in [0.717, 1.165) is 30.4 Å². The monoisotopic (exact) mass is 276 g/mol. The first-order valence-electron chi connectivity index (χ1n) is 6.97. The summed E-state index contributed by atoms with van der Waals surface area (Å²) in [6.07, 6.45) is 3.98. The van der Waals surface area contributed by atoms with Gasteiger partial charge in [0.15, 0.2) is 0 Å². The van der Waals surface area contributed by atoms with Crippen molar-refractivity contribution in [3.05, 3.63) is 34.4 Å². The zero-order valence-electron chi connectivity index (χ0n) is 11.9. The Morgan fingerprint density at radius 2 is 1.65 bits per heavy atom. The molecule has 20 heavy (non-hydrogen) atoms. The van der Waals surface area contributed by atoms with Crippen molar-refractivity contribution in [2.45, 2.75) is 51.4 Å². The zero-order valence-corrected chi connectivity index (χ0v) is 11.9. The Bertz CT molecular complexity index is 554. The molecular weight excluding hydrogens is 256 g/mol. The molecule has 1 aliphatic rings. The number of aromatic carboxylic acids is 1. The summed E-state index contributed by atoms with van der Waals surface area (Å²) in [7, 11) is 0. The summed E-state index contributed by atoms with van der Waals surface area (Å²) in [6, 6.07) is 3.17. The minimum Gasteiger partial charge on any atom is -0.481 e. The number of benzene rings is 1. The molecule has 1 aromatic carbocycles. The number of carboxylic acids is 2. The maximum atomic E-state index is 11.9. The number of carbonyl (C=O) groups is 2. The van der Waals surface area contributed by atoms with E-state index in [9.17, 15) is 19.8 Å². The summed E-state index contributed by atoms with van der Waals surface area (Å²) in [5, 5.41) is 18.9. The van der Waals surface area contributed by atoms with Gasteiger partial charge in [-0.05, 0) is 55.5 Å². The summed E-state index contributed by atoms with van der Waals surface area (Å²) < 4.78 is 0. The largest absolute Gasteiger partial charge is 0.481 e. The molecule has 0 unspecified atom stereocenters. The van der Waals surface area contributed by atoms with Crippen molar-refractivity contribution in [3.8, 4) is 0 Å². The van der Waals surface area contributed by atoms with Gasteiger partial charge in [0.25, 0.3) is 0 Å². The van der Waals surface area contributed by atoms with Crippen molar-refractivity contribution in [1.29, 1.82) is 0 Å². The number of aliphatic carboxylic acids is 1. The quantitative estimate of drug-likeness (QED) is 0.888. The smallest absolute Gasteiger partial charge is 0.335 e. The van der Waals surface area contributed by atoms with E-state index in [1.165, 1.54) is 0 Å². The van der Waals surface area contributed by atoms with Gasteiger partial charge >= 0.3 is 11.9 Å². The topological polar surface area (TPSA) is 74.6 Å². The van der Waals surface area contributed by atoms with Crippen LogP contribution in [0.1, 0.15) is 59.2 Å². The molecule has 1 aromatic rings. The average Bonchev–Trinajstić information content (AvgIpc) is 2.42. The Balaban J connectivity index is 2.64. The number of hydrogen-bond acceptors (Lipinski definition) is 2. The van der Waals surface area contributed by atoms with Gasteiger partial charge in [0.1, 0.15) is 0 Å². The van der Waals surface area contributed by atoms with Crippen LogP contribution in [-0.4, -0.2) is 22.2 Å². The third kappa shape index (κ3) is 2.30. The highest BCUT2D eigenvalue weighted by atomic mass is 16.4. The Morgan fingerprint density at radius 3 is 2.15 bits per heavy atom. The molecule has 0 atom stereocenters. The first-order chi connectivity index (χ1) is 9.38. The van der Waals surface area contributed by atoms with E-state index >= 15 is 0 Å². The summed E-state index contributed by atoms with van der Waals surface area (Å²) in [5.41, 5.74) is 1.68. The van der Waals surface area contributed by atoms with E-state index in [1.807, 2.05) is 13.8 Å². The predicted molar refractivity (Wildman–Crippen MR) is 75.3 cm³/mol. The van der Waals surface area contributed by atoms with Crippen LogP contribution in [0.15, 0.2) is 12.1 Å². The predicted octanol–water partition coefficient (Wildman–Crippen LogP) is 3.29. The van der Waals surface area contributed by atoms with Gasteiger partial charge in [0, 0.05) is 0 Å². The van der Waals surface area contributed by atoms with Crippen molar-refractivity contribution in [1.82, 2.24) is 0 Å². The highest BCUT2D eigenvalue weighted by molar-refractivity contribution is 5.90. The average molecular weight is 276 g/mol. The van der Waals surface area contributed by atoms with Crippen molar-refractivity contribution in [2.24, 2.45) is 0 Å². The summed E-state index contributed by atoms with van der Waals surface area (Å²) in [4.78, 5) is 23.1. The van der Waals surface area contributed by atoms with Gasteiger partial charge in [-0.1, -0.05) is 19.3 Å². The molecule has 0 bridgehead atoms. The van der Waals surface area contributed by atoms with Crippen LogP contribution < -0.4 is 0 Å². The lowest BCUT2D eigenvalue weighted by Gasteiger charge is -2.35. The summed E-state index contributed by atoms with van der Waals surface area (Å²) in [5.74, 6) is -1.84. The highest BCUT2D eigenvalue weighted by Crippen LogP contribution is 2.42. The standard InChI is InChI=1S/C16H20O4/c1-10-8-12(14(17)18)9-13(11(10)2)16(15(19)20)6-4-3-5-7-16/h8-9H,3-7H2,1-2H3,(H,17,18)(H,19,20). The molecular formula is C16H20O4. The van der Waals surface area contributed by atoms with Crippen LogP contribution in [0, 0.1) is 13.8 Å². The van der Waals surface area contributed by atoms with Gasteiger partial charge in [-0.2, -0.15) is 0 Å². The summed E-state index contributed by atoms with van der Waals surface area (Å²) >= 11 is 0. The minimum atomic E-state index is -1.01. The second kappa shape index (κ2) is 5.27. The minimum absolute atomic E-state index is 0.175. The van der Waals surface area contributed by atoms with Gasteiger partial charge in [-0.15, -0.1) is 0 Å². The van der Waals surface area contributed by atoms with Crippen molar-refractivity contribution in [3.63, 3.8) is 0 Å². The van der Waals surface area contributed by atoms with E-state index in [0.29, 0.717) is 18.4 Å². The third-order valence-corrected chi connectivity index (χ3v) is 4.55. The fourth-order valence-corrected chi connectivity index (χ4v) is 3.23. The van der Waals surface area contributed by atoms with Crippen molar-refractivity contribution < 1.29 is 19.8 Å². The number of carboxylic acid groups (broad SMARTS) is 2. The van der Waals surface area contributed by atoms with E-state index in [2.05, 4.69) is 0 Å². The molecule has 0 spiro atoms. The Hall–Kier alpha value is -1.84. The molecule has 4 heteroatoms. The maximum absolute atomic E-state index is 11.9. The van der Waals surface area contributed by atoms with Gasteiger partial charge < -0.3 is 10.2 Å². The molecule has 0 heterocycles. The van der Waals surface area contributed by atoms with Gasteiger partial charge in [0.05, 0.1) is 11.0 Å². The van der Waals surface area contributed by atoms with Crippen LogP contribution in [-0.2, 0) is 10.2 Å². The number of rotatable bonds is 3. The van der Waals surface area contributed by atoms with Crippen molar-refractivity contribution in [2.75, 3.05) is 0 Å². The fourth-order valence-electron chi connectivity index (χ4n) is 3.23. The molecule has 0 aliphatic heterocycles. The Morgan fingerprint density at radius 1 is 1.05 bits per heavy atom. The zero-order chi connectivity index (χ0) is 14.9. The van der Waals surface area contributed by atoms with Gasteiger partial charge in [-0.3, -0.25) is 4.79 Å². The van der Waals surface area contributed by atoms with Gasteiger partial charge in [0.2, 0.25) is 0 Å². The first kappa shape index (κ1) is 14.6. The SMILES string of the molecule is Cc1cc(C(=O)O)cc(C2(C(=O)O)CCCCC2)c1C. The first-order valence-corrected chi connectivity index (χ1v) is 6.97. The normalized spacial score (nSPS) is 17.7. The van der Waals surface area contributed by atoms with E-state index in [4.69, 9.17) is 0 Å². The molecule has 1 aliphatic carbocycles. The van der Waals surface area contributed by atoms with Crippen LogP contribution in [0.5, 0.6) is 0 Å². The van der Waals surface area contributed by atoms with Crippen LogP contribution in [0.4, 0.5) is 0 Å².